The normalized spacial score (nSPS) is 12.8. The highest BCUT2D eigenvalue weighted by Gasteiger charge is 2.02. The maximum atomic E-state index is 10.0. The molecule has 0 bridgehead atoms. The van der Waals surface area contributed by atoms with Gasteiger partial charge < -0.3 is 0 Å². The van der Waals surface area contributed by atoms with Gasteiger partial charge in [-0.1, -0.05) is 0 Å². The third-order valence-electron chi connectivity index (χ3n) is 1.14. The van der Waals surface area contributed by atoms with Crippen LogP contribution in [0.25, 0.3) is 0 Å². The molecule has 0 N–H and O–H groups in total. The van der Waals surface area contributed by atoms with Crippen LogP contribution in [0.3, 0.4) is 0 Å². The Bertz CT molecular complexity index is 239. The van der Waals surface area contributed by atoms with Gasteiger partial charge in [-0.2, -0.15) is 0 Å². The Morgan fingerprint density at radius 1 is 1.00 bits per heavy atom. The summed E-state index contributed by atoms with van der Waals surface area (Å²) >= 11 is 0. The minimum absolute atomic E-state index is 0.129. The summed E-state index contributed by atoms with van der Waals surface area (Å²) in [4.78, 5) is 18.8. The van der Waals surface area contributed by atoms with Gasteiger partial charge in [0.2, 0.25) is 11.4 Å². The smallest absolute Gasteiger partial charge is 0.243 e. The predicted molar refractivity (Wildman–Crippen MR) is 41.5 cm³/mol. The number of allylic oxidation sites excluding steroid dienone is 4. The zero-order valence-corrected chi connectivity index (χ0v) is 6.68. The zero-order chi connectivity index (χ0) is 9.72. The van der Waals surface area contributed by atoms with Gasteiger partial charge in [0.25, 0.3) is 0 Å². The molecular weight excluding hydrogens is 164 g/mol. The van der Waals surface area contributed by atoms with Crippen molar-refractivity contribution in [2.24, 2.45) is 0 Å². The van der Waals surface area contributed by atoms with Gasteiger partial charge in [-0.25, -0.2) is 0 Å². The van der Waals surface area contributed by atoms with Gasteiger partial charge in [-0.3, -0.25) is 20.2 Å². The van der Waals surface area contributed by atoms with Gasteiger partial charge in [0.1, 0.15) is 0 Å². The highest BCUT2D eigenvalue weighted by molar-refractivity contribution is 5.07. The van der Waals surface area contributed by atoms with E-state index in [1.165, 1.54) is 13.8 Å². The molecule has 12 heavy (non-hydrogen) atoms. The Hall–Kier alpha value is -1.72. The van der Waals surface area contributed by atoms with Crippen molar-refractivity contribution in [1.82, 2.24) is 0 Å². The summed E-state index contributed by atoms with van der Waals surface area (Å²) in [7, 11) is 0. The van der Waals surface area contributed by atoms with E-state index in [0.29, 0.717) is 0 Å². The Morgan fingerprint density at radius 3 is 1.42 bits per heavy atom. The van der Waals surface area contributed by atoms with Crippen molar-refractivity contribution >= 4 is 0 Å². The van der Waals surface area contributed by atoms with Crippen molar-refractivity contribution in [1.29, 1.82) is 0 Å². The number of hydrogen-bond acceptors (Lipinski definition) is 4. The molecule has 0 aliphatic rings. The molecule has 0 aromatic carbocycles. The molecule has 0 radical (unpaired) electrons. The van der Waals surface area contributed by atoms with Crippen LogP contribution in [-0.2, 0) is 0 Å². The summed E-state index contributed by atoms with van der Waals surface area (Å²) in [6.45, 7) is 2.54. The van der Waals surface area contributed by atoms with Crippen molar-refractivity contribution in [2.75, 3.05) is 0 Å². The molecule has 6 nitrogen and oxygen atoms in total. The zero-order valence-electron chi connectivity index (χ0n) is 6.68. The second-order valence-electron chi connectivity index (χ2n) is 2.13. The van der Waals surface area contributed by atoms with Crippen LogP contribution in [-0.4, -0.2) is 9.85 Å². The summed E-state index contributed by atoms with van der Waals surface area (Å²) in [5, 5.41) is 20.0. The van der Waals surface area contributed by atoms with E-state index in [9.17, 15) is 20.2 Å². The fourth-order valence-electron chi connectivity index (χ4n) is 0.363. The van der Waals surface area contributed by atoms with Crippen molar-refractivity contribution in [3.63, 3.8) is 0 Å². The Kier molecular flexibility index (Phi) is 3.61. The summed E-state index contributed by atoms with van der Waals surface area (Å²) in [6, 6.07) is 0. The van der Waals surface area contributed by atoms with Gasteiger partial charge in [0, 0.05) is 26.0 Å². The van der Waals surface area contributed by atoms with Crippen LogP contribution in [0, 0.1) is 20.2 Å². The van der Waals surface area contributed by atoms with Crippen molar-refractivity contribution in [2.45, 2.75) is 13.8 Å². The fraction of sp³-hybridized carbons (Fsp3) is 0.333. The Balaban J connectivity index is 4.48. The first-order valence-electron chi connectivity index (χ1n) is 3.09. The average molecular weight is 172 g/mol. The van der Waals surface area contributed by atoms with Gasteiger partial charge in [0.15, 0.2) is 0 Å². The van der Waals surface area contributed by atoms with E-state index >= 15 is 0 Å². The van der Waals surface area contributed by atoms with Crippen molar-refractivity contribution in [3.8, 4) is 0 Å². The Labute approximate surface area is 68.5 Å². The monoisotopic (exact) mass is 172 g/mol. The topological polar surface area (TPSA) is 86.3 Å². The van der Waals surface area contributed by atoms with Gasteiger partial charge >= 0.3 is 0 Å². The molecule has 0 atom stereocenters. The van der Waals surface area contributed by atoms with E-state index in [1.807, 2.05) is 0 Å². The van der Waals surface area contributed by atoms with Crippen LogP contribution < -0.4 is 0 Å². The SMILES string of the molecule is CC(=CC=C(C)[N+](=O)[O-])[N+](=O)[O-]. The molecule has 0 unspecified atom stereocenters. The lowest BCUT2D eigenvalue weighted by Crippen LogP contribution is -1.95. The van der Waals surface area contributed by atoms with Crippen molar-refractivity contribution < 1.29 is 9.85 Å². The first kappa shape index (κ1) is 10.3. The summed E-state index contributed by atoms with van der Waals surface area (Å²) < 4.78 is 0. The molecule has 0 rings (SSSR count). The standard InChI is InChI=1S/C6H8N2O4/c1-5(7(9)10)3-4-6(2)8(11)12/h3-4H,1-2H3. The van der Waals surface area contributed by atoms with E-state index in [1.54, 1.807) is 0 Å². The largest absolute Gasteiger partial charge is 0.259 e. The molecule has 6 heteroatoms. The highest BCUT2D eigenvalue weighted by Crippen LogP contribution is 1.98. The second kappa shape index (κ2) is 4.22. The number of nitro groups is 2. The molecule has 0 heterocycles. The fourth-order valence-corrected chi connectivity index (χ4v) is 0.363. The predicted octanol–water partition coefficient (Wildman–Crippen LogP) is 1.35. The van der Waals surface area contributed by atoms with Crippen LogP contribution in [0.4, 0.5) is 0 Å². The molecule has 0 fully saturated rings. The van der Waals surface area contributed by atoms with E-state index < -0.39 is 9.85 Å². The van der Waals surface area contributed by atoms with Crippen LogP contribution >= 0.6 is 0 Å². The minimum Gasteiger partial charge on any atom is -0.259 e. The van der Waals surface area contributed by atoms with E-state index in [4.69, 9.17) is 0 Å². The van der Waals surface area contributed by atoms with Crippen LogP contribution in [0.1, 0.15) is 13.8 Å². The molecular formula is C6H8N2O4. The molecule has 0 saturated carbocycles. The maximum absolute atomic E-state index is 10.0. The molecule has 0 aliphatic carbocycles. The second-order valence-corrected chi connectivity index (χ2v) is 2.13. The quantitative estimate of drug-likeness (QED) is 0.365. The van der Waals surface area contributed by atoms with Crippen LogP contribution in [0.15, 0.2) is 23.5 Å². The summed E-state index contributed by atoms with van der Waals surface area (Å²) in [6.07, 6.45) is 2.19. The van der Waals surface area contributed by atoms with Crippen molar-refractivity contribution in [3.05, 3.63) is 43.8 Å². The number of hydrogen-bond donors (Lipinski definition) is 0. The van der Waals surface area contributed by atoms with E-state index in [-0.39, 0.29) is 11.4 Å². The third-order valence-corrected chi connectivity index (χ3v) is 1.14. The first-order valence-corrected chi connectivity index (χ1v) is 3.09. The first-order chi connectivity index (χ1) is 5.45. The van der Waals surface area contributed by atoms with Crippen LogP contribution in [0.5, 0.6) is 0 Å². The van der Waals surface area contributed by atoms with E-state index in [2.05, 4.69) is 0 Å². The lowest BCUT2D eigenvalue weighted by molar-refractivity contribution is -0.426. The number of rotatable bonds is 3. The molecule has 0 aliphatic heterocycles. The maximum Gasteiger partial charge on any atom is 0.243 e. The third kappa shape index (κ3) is 3.45. The summed E-state index contributed by atoms with van der Waals surface area (Å²) in [5.41, 5.74) is -0.257. The minimum atomic E-state index is -0.607. The highest BCUT2D eigenvalue weighted by atomic mass is 16.6. The average Bonchev–Trinajstić information content (AvgIpc) is 1.98. The molecule has 0 aromatic rings. The molecule has 0 aromatic heterocycles. The molecule has 0 amide bonds. The van der Waals surface area contributed by atoms with Gasteiger partial charge in [-0.05, 0) is 0 Å². The van der Waals surface area contributed by atoms with Gasteiger partial charge in [0.05, 0.1) is 9.85 Å². The lowest BCUT2D eigenvalue weighted by Gasteiger charge is -1.86. The van der Waals surface area contributed by atoms with Gasteiger partial charge in [-0.15, -0.1) is 0 Å². The summed E-state index contributed by atoms with van der Waals surface area (Å²) in [5.74, 6) is 0. The van der Waals surface area contributed by atoms with E-state index in [0.717, 1.165) is 12.2 Å². The number of nitrogens with zero attached hydrogens (tertiary/aromatic N) is 2. The molecule has 66 valence electrons. The van der Waals surface area contributed by atoms with Crippen LogP contribution in [0.2, 0.25) is 0 Å². The molecule has 0 spiro atoms. The molecule has 0 saturated heterocycles. The lowest BCUT2D eigenvalue weighted by atomic mass is 10.4. The Morgan fingerprint density at radius 2 is 1.25 bits per heavy atom.